The second kappa shape index (κ2) is 12.5. The van der Waals surface area contributed by atoms with Crippen molar-refractivity contribution in [3.63, 3.8) is 0 Å². The molecule has 7 nitrogen and oxygen atoms in total. The number of anilines is 1. The summed E-state index contributed by atoms with van der Waals surface area (Å²) in [5.41, 5.74) is 2.77. The molecule has 3 aliphatic heterocycles. The number of rotatable bonds is 13. The Labute approximate surface area is 243 Å². The summed E-state index contributed by atoms with van der Waals surface area (Å²) < 4.78 is 4.93. The van der Waals surface area contributed by atoms with Gasteiger partial charge in [0.1, 0.15) is 6.04 Å². The van der Waals surface area contributed by atoms with Crippen molar-refractivity contribution in [1.29, 1.82) is 0 Å². The molecular weight excluding hydrogens is 524 g/mol. The lowest BCUT2D eigenvalue weighted by Crippen LogP contribution is -2.58. The van der Waals surface area contributed by atoms with Gasteiger partial charge in [0.05, 0.1) is 35.8 Å². The predicted octanol–water partition coefficient (Wildman–Crippen LogP) is 4.83. The summed E-state index contributed by atoms with van der Waals surface area (Å²) in [5, 5.41) is 10.5. The zero-order valence-electron chi connectivity index (χ0n) is 24.3. The maximum atomic E-state index is 14.8. The molecule has 1 aromatic rings. The second-order valence-electron chi connectivity index (χ2n) is 11.6. The number of fused-ring (bicyclic) bond motifs is 1. The number of carbonyl (C=O) groups excluding carboxylic acids is 3. The summed E-state index contributed by atoms with van der Waals surface area (Å²) in [6, 6.07) is 4.67. The van der Waals surface area contributed by atoms with Crippen LogP contribution in [0.2, 0.25) is 0 Å². The minimum Gasteiger partial charge on any atom is -0.465 e. The van der Waals surface area contributed by atoms with Crippen molar-refractivity contribution in [3.8, 4) is 0 Å². The zero-order valence-corrected chi connectivity index (χ0v) is 25.1. The quantitative estimate of drug-likeness (QED) is 0.208. The Morgan fingerprint density at radius 2 is 2.05 bits per heavy atom. The fraction of sp³-hybridized carbons (Fsp3) is 0.594. The van der Waals surface area contributed by atoms with Gasteiger partial charge in [-0.25, -0.2) is 0 Å². The van der Waals surface area contributed by atoms with Crippen LogP contribution in [0.1, 0.15) is 57.1 Å². The normalized spacial score (nSPS) is 28.2. The van der Waals surface area contributed by atoms with Crippen LogP contribution in [0.15, 0.2) is 43.5 Å². The number of allylic oxidation sites excluding steroid dienone is 1. The molecule has 2 unspecified atom stereocenters. The number of aliphatic hydroxyl groups excluding tert-OH is 1. The third-order valence-electron chi connectivity index (χ3n) is 9.12. The lowest BCUT2D eigenvalue weighted by molar-refractivity contribution is -0.154. The highest BCUT2D eigenvalue weighted by Crippen LogP contribution is 2.67. The molecule has 0 aliphatic carbocycles. The largest absolute Gasteiger partial charge is 0.465 e. The molecule has 4 rings (SSSR count). The summed E-state index contributed by atoms with van der Waals surface area (Å²) in [5.74, 6) is -2.02. The number of hydrogen-bond donors (Lipinski definition) is 1. The highest BCUT2D eigenvalue weighted by molar-refractivity contribution is 8.02. The van der Waals surface area contributed by atoms with Crippen molar-refractivity contribution >= 4 is 35.2 Å². The molecule has 0 aromatic heterocycles. The molecule has 0 saturated carbocycles. The Bertz CT molecular complexity index is 1150. The molecule has 1 N–H and O–H groups in total. The van der Waals surface area contributed by atoms with Gasteiger partial charge in [0.15, 0.2) is 0 Å². The van der Waals surface area contributed by atoms with Gasteiger partial charge in [-0.2, -0.15) is 0 Å². The highest BCUT2D eigenvalue weighted by atomic mass is 32.2. The van der Waals surface area contributed by atoms with Crippen LogP contribution in [-0.2, 0) is 19.1 Å². The number of benzene rings is 1. The average Bonchev–Trinajstić information content (AvgIpc) is 3.59. The van der Waals surface area contributed by atoms with Crippen molar-refractivity contribution in [3.05, 3.63) is 54.6 Å². The van der Waals surface area contributed by atoms with Crippen LogP contribution < -0.4 is 4.90 Å². The van der Waals surface area contributed by atoms with Gasteiger partial charge in [0.25, 0.3) is 5.91 Å². The fourth-order valence-electron chi connectivity index (χ4n) is 6.90. The average molecular weight is 569 g/mol. The zero-order chi connectivity index (χ0) is 29.2. The summed E-state index contributed by atoms with van der Waals surface area (Å²) in [4.78, 5) is 46.1. The lowest BCUT2D eigenvalue weighted by atomic mass is 9.71. The number of thioether (sulfide) groups is 1. The Balaban J connectivity index is 1.79. The number of likely N-dealkylation sites (tertiary alicyclic amines) is 1. The van der Waals surface area contributed by atoms with Crippen molar-refractivity contribution in [2.45, 2.75) is 81.9 Å². The van der Waals surface area contributed by atoms with Gasteiger partial charge >= 0.3 is 5.97 Å². The number of aliphatic hydroxyl groups is 1. The van der Waals surface area contributed by atoms with Crippen molar-refractivity contribution in [2.24, 2.45) is 17.8 Å². The number of nitrogens with zero attached hydrogens (tertiary/aromatic N) is 2. The Kier molecular flexibility index (Phi) is 9.51. The van der Waals surface area contributed by atoms with Crippen LogP contribution >= 0.6 is 11.8 Å². The number of carbonyl (C=O) groups is 3. The fourth-order valence-corrected chi connectivity index (χ4v) is 9.09. The van der Waals surface area contributed by atoms with E-state index in [9.17, 15) is 19.5 Å². The van der Waals surface area contributed by atoms with Crippen LogP contribution in [0.3, 0.4) is 0 Å². The molecule has 40 heavy (non-hydrogen) atoms. The molecule has 218 valence electrons. The highest BCUT2D eigenvalue weighted by Gasteiger charge is 2.75. The number of hydrogen-bond acceptors (Lipinski definition) is 6. The van der Waals surface area contributed by atoms with E-state index in [0.717, 1.165) is 36.1 Å². The van der Waals surface area contributed by atoms with Crippen LogP contribution in [0.5, 0.6) is 0 Å². The first-order valence-electron chi connectivity index (χ1n) is 14.5. The first kappa shape index (κ1) is 30.4. The topological polar surface area (TPSA) is 87.2 Å². The van der Waals surface area contributed by atoms with Crippen LogP contribution in [0.25, 0.3) is 0 Å². The Morgan fingerprint density at radius 1 is 1.30 bits per heavy atom. The van der Waals surface area contributed by atoms with Crippen LogP contribution in [-0.4, -0.2) is 69.6 Å². The minimum atomic E-state index is -0.801. The molecule has 8 heteroatoms. The molecule has 3 saturated heterocycles. The van der Waals surface area contributed by atoms with Gasteiger partial charge in [-0.1, -0.05) is 44.6 Å². The molecule has 3 heterocycles. The standard InChI is InChI=1S/C32H44N2O5S/c1-7-10-11-17-39-31(38)26-25-14-15-32(40-25)27(26)29(36)34(24(19-35)21(5)9-3)28(32)30(37)33(16-8-2)23-18-20(4)12-13-22(23)6/h7-8,12-13,18,21,24-28,35H,1-2,9-11,14-17,19H2,3-6H3/t21-,24-,25-,26+,27-,28?,32?/m0/s1. The van der Waals surface area contributed by atoms with E-state index in [1.165, 1.54) is 0 Å². The van der Waals surface area contributed by atoms with E-state index in [0.29, 0.717) is 19.4 Å². The van der Waals surface area contributed by atoms with E-state index in [1.807, 2.05) is 45.9 Å². The summed E-state index contributed by atoms with van der Waals surface area (Å²) in [6.07, 6.45) is 7.08. The molecule has 2 amide bonds. The molecule has 1 spiro atoms. The van der Waals surface area contributed by atoms with Crippen molar-refractivity contribution in [2.75, 3.05) is 24.7 Å². The Hall–Kier alpha value is -2.58. The summed E-state index contributed by atoms with van der Waals surface area (Å²) in [7, 11) is 0. The van der Waals surface area contributed by atoms with Crippen molar-refractivity contribution in [1.82, 2.24) is 4.90 Å². The maximum absolute atomic E-state index is 14.8. The van der Waals surface area contributed by atoms with Crippen molar-refractivity contribution < 1.29 is 24.2 Å². The lowest BCUT2D eigenvalue weighted by Gasteiger charge is -2.41. The summed E-state index contributed by atoms with van der Waals surface area (Å²) >= 11 is 1.62. The molecule has 7 atom stereocenters. The molecule has 0 radical (unpaired) electrons. The number of aryl methyl sites for hydroxylation is 2. The van der Waals surface area contributed by atoms with E-state index in [4.69, 9.17) is 4.74 Å². The van der Waals surface area contributed by atoms with Crippen LogP contribution in [0.4, 0.5) is 5.69 Å². The number of ether oxygens (including phenoxy) is 1. The minimum absolute atomic E-state index is 0.0282. The molecule has 1 aromatic carbocycles. The maximum Gasteiger partial charge on any atom is 0.310 e. The Morgan fingerprint density at radius 3 is 2.70 bits per heavy atom. The predicted molar refractivity (Wildman–Crippen MR) is 160 cm³/mol. The third kappa shape index (κ3) is 5.13. The number of esters is 1. The number of unbranched alkanes of at least 4 members (excludes halogenated alkanes) is 1. The number of amides is 2. The SMILES string of the molecule is C=CCCCOC(=O)[C@@H]1[C@@H]2CCC3(S2)C(C(=O)N(CC=C)c2cc(C)ccc2C)N([C@@H](CO)[C@@H](C)CC)C(=O)[C@H]13. The van der Waals surface area contributed by atoms with E-state index >= 15 is 0 Å². The van der Waals surface area contributed by atoms with E-state index in [1.54, 1.807) is 33.7 Å². The van der Waals surface area contributed by atoms with Gasteiger partial charge in [-0.05, 0) is 62.6 Å². The van der Waals surface area contributed by atoms with Gasteiger partial charge < -0.3 is 19.6 Å². The monoisotopic (exact) mass is 568 g/mol. The van der Waals surface area contributed by atoms with Gasteiger partial charge in [-0.3, -0.25) is 14.4 Å². The van der Waals surface area contributed by atoms with E-state index in [-0.39, 0.29) is 42.2 Å². The smallest absolute Gasteiger partial charge is 0.310 e. The second-order valence-corrected chi connectivity index (χ2v) is 13.2. The van der Waals surface area contributed by atoms with E-state index in [2.05, 4.69) is 13.2 Å². The molecular formula is C32H44N2O5S. The van der Waals surface area contributed by atoms with Gasteiger partial charge in [0.2, 0.25) is 5.91 Å². The first-order chi connectivity index (χ1) is 19.2. The molecule has 3 aliphatic rings. The first-order valence-corrected chi connectivity index (χ1v) is 15.4. The molecule has 2 bridgehead atoms. The van der Waals surface area contributed by atoms with Crippen LogP contribution in [0, 0.1) is 31.6 Å². The van der Waals surface area contributed by atoms with Gasteiger partial charge in [0, 0.05) is 17.5 Å². The molecule has 3 fully saturated rings. The van der Waals surface area contributed by atoms with E-state index < -0.39 is 28.7 Å². The third-order valence-corrected chi connectivity index (χ3v) is 11.1. The summed E-state index contributed by atoms with van der Waals surface area (Å²) in [6.45, 7) is 15.9. The van der Waals surface area contributed by atoms with Gasteiger partial charge in [-0.15, -0.1) is 24.9 Å².